The van der Waals surface area contributed by atoms with Crippen LogP contribution in [0.1, 0.15) is 46.0 Å². The van der Waals surface area contributed by atoms with Crippen LogP contribution in [0.5, 0.6) is 5.75 Å². The molecule has 4 heteroatoms. The van der Waals surface area contributed by atoms with E-state index in [0.29, 0.717) is 12.5 Å². The summed E-state index contributed by atoms with van der Waals surface area (Å²) in [7, 11) is 1.95. The van der Waals surface area contributed by atoms with Crippen LogP contribution in [-0.2, 0) is 4.79 Å². The van der Waals surface area contributed by atoms with Crippen molar-refractivity contribution in [3.05, 3.63) is 24.3 Å². The number of benzene rings is 1. The summed E-state index contributed by atoms with van der Waals surface area (Å²) >= 11 is 0. The van der Waals surface area contributed by atoms with Crippen LogP contribution < -0.4 is 10.2 Å². The Hall–Kier alpha value is -1.71. The molecule has 0 spiro atoms. The second-order valence-corrected chi connectivity index (χ2v) is 7.47. The predicted octanol–water partition coefficient (Wildman–Crippen LogP) is 3.55. The average molecular weight is 318 g/mol. The van der Waals surface area contributed by atoms with Crippen LogP contribution in [0.2, 0.25) is 0 Å². The van der Waals surface area contributed by atoms with E-state index in [2.05, 4.69) is 5.32 Å². The first-order valence-corrected chi connectivity index (χ1v) is 8.67. The van der Waals surface area contributed by atoms with Gasteiger partial charge in [0.2, 0.25) is 5.91 Å². The monoisotopic (exact) mass is 318 g/mol. The van der Waals surface area contributed by atoms with Gasteiger partial charge in [0.25, 0.3) is 0 Å². The number of nitrogens with one attached hydrogen (secondary N) is 1. The Balaban J connectivity index is 1.87. The van der Waals surface area contributed by atoms with Crippen LogP contribution in [0.4, 0.5) is 5.69 Å². The molecule has 1 amide bonds. The minimum Gasteiger partial charge on any atom is -0.508 e. The number of carbonyl (C=O) groups is 1. The van der Waals surface area contributed by atoms with Gasteiger partial charge in [-0.2, -0.15) is 0 Å². The van der Waals surface area contributed by atoms with Gasteiger partial charge in [-0.15, -0.1) is 0 Å². The van der Waals surface area contributed by atoms with Crippen LogP contribution in [0.15, 0.2) is 24.3 Å². The van der Waals surface area contributed by atoms with Gasteiger partial charge in [0.05, 0.1) is 5.41 Å². The standard InChI is InChI=1S/C19H30N2O2/c1-19(2,14-21(3)16-10-7-11-17(22)12-16)18(23)20-13-15-8-5-4-6-9-15/h7,10-12,15,22H,4-6,8-9,13-14H2,1-3H3,(H,20,23). The molecule has 2 rings (SSSR count). The van der Waals surface area contributed by atoms with Crippen molar-refractivity contribution in [1.29, 1.82) is 0 Å². The van der Waals surface area contributed by atoms with E-state index in [9.17, 15) is 9.90 Å². The van der Waals surface area contributed by atoms with Crippen LogP contribution in [0, 0.1) is 11.3 Å². The highest BCUT2D eigenvalue weighted by atomic mass is 16.3. The highest BCUT2D eigenvalue weighted by Crippen LogP contribution is 2.25. The molecule has 1 aromatic carbocycles. The third kappa shape index (κ3) is 5.15. The maximum absolute atomic E-state index is 12.6. The minimum atomic E-state index is -0.477. The first-order chi connectivity index (χ1) is 10.9. The molecular formula is C19H30N2O2. The van der Waals surface area contributed by atoms with Gasteiger partial charge in [-0.25, -0.2) is 0 Å². The number of rotatable bonds is 6. The molecule has 128 valence electrons. The van der Waals surface area contributed by atoms with Crippen LogP contribution >= 0.6 is 0 Å². The molecule has 1 aliphatic rings. The van der Waals surface area contributed by atoms with Crippen LogP contribution in [-0.4, -0.2) is 31.2 Å². The molecule has 0 radical (unpaired) electrons. The van der Waals surface area contributed by atoms with Gasteiger partial charge in [-0.1, -0.05) is 25.3 Å². The number of anilines is 1. The van der Waals surface area contributed by atoms with E-state index in [0.717, 1.165) is 12.2 Å². The molecule has 0 heterocycles. The lowest BCUT2D eigenvalue weighted by Gasteiger charge is -2.31. The number of carbonyl (C=O) groups excluding carboxylic acids is 1. The first kappa shape index (κ1) is 17.6. The SMILES string of the molecule is CN(CC(C)(C)C(=O)NCC1CCCCC1)c1cccc(O)c1. The molecule has 0 atom stereocenters. The molecule has 2 N–H and O–H groups in total. The fourth-order valence-electron chi connectivity index (χ4n) is 3.35. The number of hydrogen-bond donors (Lipinski definition) is 2. The quantitative estimate of drug-likeness (QED) is 0.843. The van der Waals surface area contributed by atoms with Gasteiger partial charge in [-0.3, -0.25) is 4.79 Å². The number of nitrogens with zero attached hydrogens (tertiary/aromatic N) is 1. The molecular weight excluding hydrogens is 288 g/mol. The van der Waals surface area contributed by atoms with Crippen molar-refractivity contribution in [1.82, 2.24) is 5.32 Å². The van der Waals surface area contributed by atoms with Crippen molar-refractivity contribution >= 4 is 11.6 Å². The van der Waals surface area contributed by atoms with Crippen molar-refractivity contribution in [3.8, 4) is 5.75 Å². The third-order valence-corrected chi connectivity index (χ3v) is 4.79. The molecule has 0 aromatic heterocycles. The first-order valence-electron chi connectivity index (χ1n) is 8.67. The molecule has 0 aliphatic heterocycles. The summed E-state index contributed by atoms with van der Waals surface area (Å²) in [6.45, 7) is 5.36. The van der Waals surface area contributed by atoms with Gasteiger partial charge in [-0.05, 0) is 44.7 Å². The Bertz CT molecular complexity index is 522. The van der Waals surface area contributed by atoms with Gasteiger partial charge in [0, 0.05) is 31.9 Å². The summed E-state index contributed by atoms with van der Waals surface area (Å²) in [4.78, 5) is 14.6. The average Bonchev–Trinajstić information content (AvgIpc) is 2.53. The normalized spacial score (nSPS) is 16.1. The molecule has 0 saturated heterocycles. The molecule has 1 saturated carbocycles. The van der Waals surface area contributed by atoms with Crippen molar-refractivity contribution in [2.75, 3.05) is 25.0 Å². The van der Waals surface area contributed by atoms with Gasteiger partial charge >= 0.3 is 0 Å². The molecule has 0 bridgehead atoms. The van der Waals surface area contributed by atoms with Crippen molar-refractivity contribution in [2.24, 2.45) is 11.3 Å². The molecule has 23 heavy (non-hydrogen) atoms. The lowest BCUT2D eigenvalue weighted by molar-refractivity contribution is -0.129. The molecule has 1 aromatic rings. The fraction of sp³-hybridized carbons (Fsp3) is 0.632. The summed E-state index contributed by atoms with van der Waals surface area (Å²) in [6, 6.07) is 7.13. The predicted molar refractivity (Wildman–Crippen MR) is 94.7 cm³/mol. The van der Waals surface area contributed by atoms with Crippen molar-refractivity contribution in [3.63, 3.8) is 0 Å². The minimum absolute atomic E-state index is 0.107. The molecule has 1 aliphatic carbocycles. The third-order valence-electron chi connectivity index (χ3n) is 4.79. The van der Waals surface area contributed by atoms with E-state index in [1.165, 1.54) is 32.1 Å². The lowest BCUT2D eigenvalue weighted by Crippen LogP contribution is -2.45. The second-order valence-electron chi connectivity index (χ2n) is 7.47. The highest BCUT2D eigenvalue weighted by Gasteiger charge is 2.29. The molecule has 1 fully saturated rings. The lowest BCUT2D eigenvalue weighted by atomic mass is 9.88. The summed E-state index contributed by atoms with van der Waals surface area (Å²) in [5.41, 5.74) is 0.438. The zero-order chi connectivity index (χ0) is 16.9. The number of amides is 1. The summed E-state index contributed by atoms with van der Waals surface area (Å²) in [5.74, 6) is 0.997. The Kier molecular flexibility index (Phi) is 5.91. The maximum atomic E-state index is 12.6. The number of hydrogen-bond acceptors (Lipinski definition) is 3. The Morgan fingerprint density at radius 2 is 2.00 bits per heavy atom. The molecule has 0 unspecified atom stereocenters. The Labute approximate surface area is 139 Å². The van der Waals surface area contributed by atoms with E-state index in [4.69, 9.17) is 0 Å². The number of aromatic hydroxyl groups is 1. The van der Waals surface area contributed by atoms with E-state index in [1.807, 2.05) is 37.9 Å². The van der Waals surface area contributed by atoms with E-state index in [1.54, 1.807) is 12.1 Å². The van der Waals surface area contributed by atoms with Gasteiger partial charge < -0.3 is 15.3 Å². The summed E-state index contributed by atoms with van der Waals surface area (Å²) < 4.78 is 0. The maximum Gasteiger partial charge on any atom is 0.227 e. The zero-order valence-corrected chi connectivity index (χ0v) is 14.6. The van der Waals surface area contributed by atoms with Crippen molar-refractivity contribution in [2.45, 2.75) is 46.0 Å². The highest BCUT2D eigenvalue weighted by molar-refractivity contribution is 5.82. The Morgan fingerprint density at radius 3 is 2.65 bits per heavy atom. The fourth-order valence-corrected chi connectivity index (χ4v) is 3.35. The summed E-state index contributed by atoms with van der Waals surface area (Å²) in [6.07, 6.45) is 6.41. The molecule has 4 nitrogen and oxygen atoms in total. The van der Waals surface area contributed by atoms with E-state index < -0.39 is 5.41 Å². The zero-order valence-electron chi connectivity index (χ0n) is 14.6. The number of phenols is 1. The van der Waals surface area contributed by atoms with Gasteiger partial charge in [0.1, 0.15) is 5.75 Å². The topological polar surface area (TPSA) is 52.6 Å². The van der Waals surface area contributed by atoms with E-state index in [-0.39, 0.29) is 11.7 Å². The smallest absolute Gasteiger partial charge is 0.227 e. The largest absolute Gasteiger partial charge is 0.508 e. The van der Waals surface area contributed by atoms with Crippen molar-refractivity contribution < 1.29 is 9.90 Å². The summed E-state index contributed by atoms with van der Waals surface area (Å²) in [5, 5.41) is 12.7. The van der Waals surface area contributed by atoms with E-state index >= 15 is 0 Å². The van der Waals surface area contributed by atoms with Crippen LogP contribution in [0.3, 0.4) is 0 Å². The Morgan fingerprint density at radius 1 is 1.30 bits per heavy atom. The number of phenolic OH excluding ortho intramolecular Hbond substituents is 1. The van der Waals surface area contributed by atoms with Crippen LogP contribution in [0.25, 0.3) is 0 Å². The second kappa shape index (κ2) is 7.71. The van der Waals surface area contributed by atoms with Gasteiger partial charge in [0.15, 0.2) is 0 Å².